The van der Waals surface area contributed by atoms with E-state index in [2.05, 4.69) is 26.0 Å². The largest absolute Gasteiger partial charge is 0.353 e. The molecule has 2 heterocycles. The third-order valence-electron chi connectivity index (χ3n) is 3.24. The summed E-state index contributed by atoms with van der Waals surface area (Å²) in [5, 5.41) is 12.5. The number of hydrogen-bond donors (Lipinski definition) is 3. The van der Waals surface area contributed by atoms with Crippen LogP contribution in [0.25, 0.3) is 0 Å². The molecule has 0 saturated heterocycles. The van der Waals surface area contributed by atoms with Crippen LogP contribution in [0, 0.1) is 0 Å². The number of amides is 2. The summed E-state index contributed by atoms with van der Waals surface area (Å²) in [6, 6.07) is 2.90. The average Bonchev–Trinajstić information content (AvgIpc) is 2.99. The Bertz CT molecular complexity index is 665. The van der Waals surface area contributed by atoms with Crippen LogP contribution in [0.2, 0.25) is 0 Å². The summed E-state index contributed by atoms with van der Waals surface area (Å²) < 4.78 is 1.64. The number of rotatable bonds is 7. The van der Waals surface area contributed by atoms with Crippen molar-refractivity contribution in [2.24, 2.45) is 7.05 Å². The van der Waals surface area contributed by atoms with E-state index in [4.69, 9.17) is 0 Å². The van der Waals surface area contributed by atoms with E-state index < -0.39 is 6.04 Å². The van der Waals surface area contributed by atoms with E-state index in [0.717, 1.165) is 5.56 Å². The van der Waals surface area contributed by atoms with E-state index in [9.17, 15) is 9.59 Å². The summed E-state index contributed by atoms with van der Waals surface area (Å²) in [6.07, 6.45) is 6.52. The molecule has 138 valence electrons. The summed E-state index contributed by atoms with van der Waals surface area (Å²) in [5.41, 5.74) is 1.27. The van der Waals surface area contributed by atoms with Crippen LogP contribution in [-0.4, -0.2) is 46.7 Å². The Kier molecular flexibility index (Phi) is 10.4. The summed E-state index contributed by atoms with van der Waals surface area (Å²) >= 11 is 0. The van der Waals surface area contributed by atoms with Gasteiger partial charge in [0, 0.05) is 44.3 Å². The molecule has 0 aliphatic heterocycles. The summed E-state index contributed by atoms with van der Waals surface area (Å²) in [6.45, 7) is 0.673. The molecule has 0 fully saturated rings. The van der Waals surface area contributed by atoms with E-state index >= 15 is 0 Å². The van der Waals surface area contributed by atoms with Crippen molar-refractivity contribution in [3.63, 3.8) is 0 Å². The molecule has 0 aliphatic carbocycles. The molecule has 2 amide bonds. The van der Waals surface area contributed by atoms with Crippen molar-refractivity contribution in [1.29, 1.82) is 0 Å². The number of nitrogens with zero attached hydrogens (tertiary/aromatic N) is 3. The predicted molar refractivity (Wildman–Crippen MR) is 99.1 cm³/mol. The first-order valence-electron chi connectivity index (χ1n) is 7.23. The van der Waals surface area contributed by atoms with Gasteiger partial charge in [-0.05, 0) is 19.2 Å². The van der Waals surface area contributed by atoms with E-state index in [1.54, 1.807) is 49.5 Å². The monoisotopic (exact) mass is 388 g/mol. The number of aryl methyl sites for hydroxylation is 1. The van der Waals surface area contributed by atoms with Crippen LogP contribution >= 0.6 is 24.8 Å². The fourth-order valence-electron chi connectivity index (χ4n) is 2.10. The molecule has 8 nitrogen and oxygen atoms in total. The predicted octanol–water partition coefficient (Wildman–Crippen LogP) is 0.465. The quantitative estimate of drug-likeness (QED) is 0.598. The molecule has 3 N–H and O–H groups in total. The highest BCUT2D eigenvalue weighted by molar-refractivity contribution is 5.93. The maximum Gasteiger partial charge on any atom is 0.252 e. The lowest BCUT2D eigenvalue weighted by Gasteiger charge is -2.14. The molecule has 2 aromatic rings. The fourth-order valence-corrected chi connectivity index (χ4v) is 2.10. The van der Waals surface area contributed by atoms with Gasteiger partial charge in [-0.15, -0.1) is 24.8 Å². The van der Waals surface area contributed by atoms with Crippen LogP contribution in [0.15, 0.2) is 36.9 Å². The van der Waals surface area contributed by atoms with Crippen LogP contribution in [0.1, 0.15) is 22.0 Å². The molecule has 25 heavy (non-hydrogen) atoms. The van der Waals surface area contributed by atoms with Gasteiger partial charge in [0.2, 0.25) is 5.91 Å². The minimum absolute atomic E-state index is 0. The first-order chi connectivity index (χ1) is 11.1. The second-order valence-electron chi connectivity index (χ2n) is 4.96. The molecular formula is C15H22Cl2N6O2. The Labute approximate surface area is 158 Å². The van der Waals surface area contributed by atoms with Gasteiger partial charge in [-0.3, -0.25) is 19.3 Å². The molecule has 0 radical (unpaired) electrons. The number of halogens is 2. The van der Waals surface area contributed by atoms with Crippen molar-refractivity contribution >= 4 is 36.6 Å². The molecule has 1 unspecified atom stereocenters. The Morgan fingerprint density at radius 2 is 1.92 bits per heavy atom. The number of pyridine rings is 1. The maximum atomic E-state index is 12.2. The van der Waals surface area contributed by atoms with Gasteiger partial charge in [0.05, 0.1) is 11.8 Å². The van der Waals surface area contributed by atoms with Gasteiger partial charge in [0.25, 0.3) is 5.91 Å². The third-order valence-corrected chi connectivity index (χ3v) is 3.24. The number of aromatic nitrogens is 3. The van der Waals surface area contributed by atoms with Gasteiger partial charge in [-0.25, -0.2) is 0 Å². The topological polar surface area (TPSA) is 101 Å². The lowest BCUT2D eigenvalue weighted by Crippen LogP contribution is -2.40. The highest BCUT2D eigenvalue weighted by Crippen LogP contribution is 2.10. The Hall–Kier alpha value is -2.16. The number of likely N-dealkylation sites (N-methyl/N-ethyl adjacent to an activating group) is 1. The summed E-state index contributed by atoms with van der Waals surface area (Å²) in [7, 11) is 3.50. The molecule has 1 atom stereocenters. The van der Waals surface area contributed by atoms with E-state index in [1.165, 1.54) is 6.20 Å². The number of hydrogen-bond acceptors (Lipinski definition) is 5. The minimum Gasteiger partial charge on any atom is -0.353 e. The highest BCUT2D eigenvalue weighted by atomic mass is 35.5. The Balaban J connectivity index is 0.00000288. The maximum absolute atomic E-state index is 12.2. The lowest BCUT2D eigenvalue weighted by atomic mass is 10.1. The fraction of sp³-hybridized carbons (Fsp3) is 0.333. The van der Waals surface area contributed by atoms with Crippen molar-refractivity contribution in [3.05, 3.63) is 48.0 Å². The van der Waals surface area contributed by atoms with Gasteiger partial charge in [0.1, 0.15) is 6.04 Å². The molecular weight excluding hydrogens is 367 g/mol. The second kappa shape index (κ2) is 11.4. The van der Waals surface area contributed by atoms with Gasteiger partial charge in [-0.2, -0.15) is 5.10 Å². The minimum atomic E-state index is -0.474. The van der Waals surface area contributed by atoms with Crippen LogP contribution < -0.4 is 16.0 Å². The van der Waals surface area contributed by atoms with Crippen LogP contribution in [-0.2, 0) is 11.8 Å². The zero-order chi connectivity index (χ0) is 16.7. The highest BCUT2D eigenvalue weighted by Gasteiger charge is 2.19. The van der Waals surface area contributed by atoms with Gasteiger partial charge in [-0.1, -0.05) is 0 Å². The molecule has 0 saturated carbocycles. The van der Waals surface area contributed by atoms with Gasteiger partial charge < -0.3 is 16.0 Å². The standard InChI is InChI=1S/C15H20N6O2.2ClH/c1-16-13(12-9-20-21(2)10-12)15(23)19-7-6-18-14(22)11-4-3-5-17-8-11;;/h3-5,8-10,13,16H,6-7H2,1-2H3,(H,18,22)(H,19,23);2*1H. The molecule has 0 aromatic carbocycles. The van der Waals surface area contributed by atoms with Crippen molar-refractivity contribution in [3.8, 4) is 0 Å². The SMILES string of the molecule is CNC(C(=O)NCCNC(=O)c1cccnc1)c1cnn(C)c1.Cl.Cl. The molecule has 2 aromatic heterocycles. The van der Waals surface area contributed by atoms with Crippen molar-refractivity contribution < 1.29 is 9.59 Å². The molecule has 0 spiro atoms. The zero-order valence-electron chi connectivity index (χ0n) is 13.9. The van der Waals surface area contributed by atoms with Crippen LogP contribution in [0.4, 0.5) is 0 Å². The zero-order valence-corrected chi connectivity index (χ0v) is 15.6. The molecule has 10 heteroatoms. The van der Waals surface area contributed by atoms with Crippen LogP contribution in [0.3, 0.4) is 0 Å². The first kappa shape index (κ1) is 22.8. The third kappa shape index (κ3) is 6.69. The van der Waals surface area contributed by atoms with E-state index in [0.29, 0.717) is 18.7 Å². The number of carbonyl (C=O) groups excluding carboxylic acids is 2. The second-order valence-corrected chi connectivity index (χ2v) is 4.96. The van der Waals surface area contributed by atoms with E-state index in [1.807, 2.05) is 0 Å². The number of nitrogens with one attached hydrogen (secondary N) is 3. The van der Waals surface area contributed by atoms with Crippen LogP contribution in [0.5, 0.6) is 0 Å². The summed E-state index contributed by atoms with van der Waals surface area (Å²) in [5.74, 6) is -0.388. The molecule has 2 rings (SSSR count). The Morgan fingerprint density at radius 3 is 2.48 bits per heavy atom. The average molecular weight is 389 g/mol. The van der Waals surface area contributed by atoms with Crippen molar-refractivity contribution in [2.45, 2.75) is 6.04 Å². The molecule has 0 bridgehead atoms. The Morgan fingerprint density at radius 1 is 1.20 bits per heavy atom. The van der Waals surface area contributed by atoms with Crippen molar-refractivity contribution in [1.82, 2.24) is 30.7 Å². The smallest absolute Gasteiger partial charge is 0.252 e. The van der Waals surface area contributed by atoms with Gasteiger partial charge in [0.15, 0.2) is 0 Å². The molecule has 0 aliphatic rings. The van der Waals surface area contributed by atoms with Crippen molar-refractivity contribution in [2.75, 3.05) is 20.1 Å². The normalized spacial score (nSPS) is 10.8. The summed E-state index contributed by atoms with van der Waals surface area (Å²) in [4.78, 5) is 27.9. The number of carbonyl (C=O) groups is 2. The van der Waals surface area contributed by atoms with Gasteiger partial charge >= 0.3 is 0 Å². The lowest BCUT2D eigenvalue weighted by molar-refractivity contribution is -0.123. The van der Waals surface area contributed by atoms with E-state index in [-0.39, 0.29) is 36.6 Å². The first-order valence-corrected chi connectivity index (χ1v) is 7.23.